The van der Waals surface area contributed by atoms with Crippen LogP contribution in [-0.4, -0.2) is 21.4 Å². The van der Waals surface area contributed by atoms with E-state index < -0.39 is 0 Å². The Morgan fingerprint density at radius 1 is 1.36 bits per heavy atom. The number of nitrogens with one attached hydrogen (secondary N) is 1. The lowest BCUT2D eigenvalue weighted by molar-refractivity contribution is -0.115. The molecule has 0 atom stereocenters. The van der Waals surface area contributed by atoms with Gasteiger partial charge in [0.25, 0.3) is 0 Å². The molecule has 0 saturated carbocycles. The van der Waals surface area contributed by atoms with E-state index >= 15 is 0 Å². The summed E-state index contributed by atoms with van der Waals surface area (Å²) in [5.41, 5.74) is 2.29. The normalized spacial score (nSPS) is 13.2. The number of halogens is 1. The maximum Gasteiger partial charge on any atom is 0.226 e. The lowest BCUT2D eigenvalue weighted by atomic mass is 10.2. The molecule has 0 radical (unpaired) electrons. The van der Waals surface area contributed by atoms with Crippen LogP contribution in [0.3, 0.4) is 0 Å². The molecule has 1 aliphatic rings. The Bertz CT molecular complexity index is 681. The number of hydrogen-bond acceptors (Lipinski definition) is 3. The van der Waals surface area contributed by atoms with Gasteiger partial charge in [-0.25, -0.2) is 4.39 Å². The fraction of sp³-hybridized carbons (Fsp3) is 0.375. The highest BCUT2D eigenvalue weighted by Gasteiger charge is 2.21. The molecule has 0 bridgehead atoms. The Kier molecular flexibility index (Phi) is 4.47. The van der Waals surface area contributed by atoms with Crippen LogP contribution in [0.2, 0.25) is 0 Å². The van der Waals surface area contributed by atoms with Crippen molar-refractivity contribution in [3.8, 4) is 0 Å². The average molecular weight is 319 g/mol. The van der Waals surface area contributed by atoms with Crippen molar-refractivity contribution >= 4 is 23.5 Å². The Balaban J connectivity index is 1.52. The number of anilines is 1. The topological polar surface area (TPSA) is 46.9 Å². The molecule has 1 heterocycles. The largest absolute Gasteiger partial charge is 0.311 e. The van der Waals surface area contributed by atoms with Crippen molar-refractivity contribution in [3.05, 3.63) is 41.3 Å². The van der Waals surface area contributed by atoms with Gasteiger partial charge >= 0.3 is 0 Å². The lowest BCUT2D eigenvalue weighted by Crippen LogP contribution is -2.16. The first kappa shape index (κ1) is 15.1. The van der Waals surface area contributed by atoms with E-state index in [1.165, 1.54) is 17.7 Å². The van der Waals surface area contributed by atoms with Gasteiger partial charge < -0.3 is 5.32 Å². The Morgan fingerprint density at radius 3 is 2.91 bits per heavy atom. The summed E-state index contributed by atoms with van der Waals surface area (Å²) in [5, 5.41) is 7.42. The van der Waals surface area contributed by atoms with Gasteiger partial charge in [-0.2, -0.15) is 5.10 Å². The summed E-state index contributed by atoms with van der Waals surface area (Å²) in [4.78, 5) is 13.0. The fourth-order valence-corrected chi connectivity index (χ4v) is 3.51. The molecule has 3 rings (SSSR count). The number of aromatic nitrogens is 2. The number of benzene rings is 1. The summed E-state index contributed by atoms with van der Waals surface area (Å²) in [5.74, 6) is 1.25. The number of nitrogens with zero attached hydrogens (tertiary/aromatic N) is 2. The SMILES string of the molecule is Cn1nc2c(c1NC(=O)CCSc1ccc(F)cc1)CCC2. The van der Waals surface area contributed by atoms with Crippen LogP contribution in [0.5, 0.6) is 0 Å². The Hall–Kier alpha value is -1.82. The first-order valence-corrected chi connectivity index (χ1v) is 8.35. The third-order valence-corrected chi connectivity index (χ3v) is 4.75. The molecule has 1 aromatic heterocycles. The van der Waals surface area contributed by atoms with Crippen molar-refractivity contribution in [2.24, 2.45) is 7.05 Å². The van der Waals surface area contributed by atoms with Crippen molar-refractivity contribution in [3.63, 3.8) is 0 Å². The molecule has 0 fully saturated rings. The van der Waals surface area contributed by atoms with E-state index in [1.807, 2.05) is 7.05 Å². The second kappa shape index (κ2) is 6.52. The van der Waals surface area contributed by atoms with Gasteiger partial charge in [-0.05, 0) is 43.5 Å². The molecule has 0 aliphatic heterocycles. The summed E-state index contributed by atoms with van der Waals surface area (Å²) < 4.78 is 14.6. The van der Waals surface area contributed by atoms with Gasteiger partial charge in [0.1, 0.15) is 11.6 Å². The van der Waals surface area contributed by atoms with Crippen LogP contribution in [0.1, 0.15) is 24.1 Å². The van der Waals surface area contributed by atoms with E-state index in [0.717, 1.165) is 35.7 Å². The molecule has 0 spiro atoms. The van der Waals surface area contributed by atoms with Crippen LogP contribution < -0.4 is 5.32 Å². The van der Waals surface area contributed by atoms with E-state index in [9.17, 15) is 9.18 Å². The highest BCUT2D eigenvalue weighted by Crippen LogP contribution is 2.28. The smallest absolute Gasteiger partial charge is 0.226 e. The third kappa shape index (κ3) is 3.32. The standard InChI is InChI=1S/C16H18FN3OS/c1-20-16(13-3-2-4-14(13)19-20)18-15(21)9-10-22-12-7-5-11(17)6-8-12/h5-8H,2-4,9-10H2,1H3,(H,18,21). The minimum absolute atomic E-state index is 0.00712. The van der Waals surface area contributed by atoms with Crippen LogP contribution in [0.15, 0.2) is 29.2 Å². The minimum atomic E-state index is -0.243. The molecular weight excluding hydrogens is 301 g/mol. The second-order valence-electron chi connectivity index (χ2n) is 5.35. The van der Waals surface area contributed by atoms with Crippen LogP contribution >= 0.6 is 11.8 Å². The first-order chi connectivity index (χ1) is 10.6. The zero-order chi connectivity index (χ0) is 15.5. The lowest BCUT2D eigenvalue weighted by Gasteiger charge is -2.07. The van der Waals surface area contributed by atoms with E-state index in [-0.39, 0.29) is 11.7 Å². The molecule has 6 heteroatoms. The molecule has 1 aliphatic carbocycles. The number of aryl methyl sites for hydroxylation is 2. The molecule has 1 aromatic carbocycles. The molecule has 1 N–H and O–H groups in total. The van der Waals surface area contributed by atoms with Crippen molar-refractivity contribution in [1.29, 1.82) is 0 Å². The summed E-state index contributed by atoms with van der Waals surface area (Å²) in [6.45, 7) is 0. The van der Waals surface area contributed by atoms with Gasteiger partial charge in [0, 0.05) is 29.7 Å². The van der Waals surface area contributed by atoms with Crippen LogP contribution in [0.4, 0.5) is 10.2 Å². The molecule has 1 amide bonds. The molecule has 4 nitrogen and oxygen atoms in total. The van der Waals surface area contributed by atoms with Crippen molar-refractivity contribution < 1.29 is 9.18 Å². The van der Waals surface area contributed by atoms with Gasteiger partial charge in [0.2, 0.25) is 5.91 Å². The van der Waals surface area contributed by atoms with E-state index in [2.05, 4.69) is 10.4 Å². The number of thioether (sulfide) groups is 1. The van der Waals surface area contributed by atoms with Gasteiger partial charge in [-0.15, -0.1) is 11.8 Å². The number of fused-ring (bicyclic) bond motifs is 1. The molecule has 116 valence electrons. The number of carbonyl (C=O) groups is 1. The number of rotatable bonds is 5. The molecule has 0 unspecified atom stereocenters. The zero-order valence-electron chi connectivity index (χ0n) is 12.4. The summed E-state index contributed by atoms with van der Waals surface area (Å²) in [6.07, 6.45) is 3.52. The van der Waals surface area contributed by atoms with Crippen LogP contribution in [-0.2, 0) is 24.7 Å². The summed E-state index contributed by atoms with van der Waals surface area (Å²) >= 11 is 1.55. The summed E-state index contributed by atoms with van der Waals surface area (Å²) in [7, 11) is 1.86. The van der Waals surface area contributed by atoms with Crippen molar-refractivity contribution in [1.82, 2.24) is 9.78 Å². The number of carbonyl (C=O) groups excluding carboxylic acids is 1. The van der Waals surface area contributed by atoms with E-state index in [1.54, 1.807) is 28.6 Å². The van der Waals surface area contributed by atoms with Gasteiger partial charge in [0.05, 0.1) is 5.69 Å². The summed E-state index contributed by atoms with van der Waals surface area (Å²) in [6, 6.07) is 6.32. The Labute approximate surface area is 133 Å². The van der Waals surface area contributed by atoms with Crippen molar-refractivity contribution in [2.75, 3.05) is 11.1 Å². The van der Waals surface area contributed by atoms with Crippen LogP contribution in [0, 0.1) is 5.82 Å². The highest BCUT2D eigenvalue weighted by atomic mass is 32.2. The highest BCUT2D eigenvalue weighted by molar-refractivity contribution is 7.99. The fourth-order valence-electron chi connectivity index (χ4n) is 2.66. The maximum atomic E-state index is 12.8. The van der Waals surface area contributed by atoms with Crippen LogP contribution in [0.25, 0.3) is 0 Å². The predicted octanol–water partition coefficient (Wildman–Crippen LogP) is 3.17. The monoisotopic (exact) mass is 319 g/mol. The quantitative estimate of drug-likeness (QED) is 0.861. The minimum Gasteiger partial charge on any atom is -0.311 e. The van der Waals surface area contributed by atoms with Gasteiger partial charge in [-0.1, -0.05) is 0 Å². The van der Waals surface area contributed by atoms with Crippen molar-refractivity contribution in [2.45, 2.75) is 30.6 Å². The third-order valence-electron chi connectivity index (χ3n) is 3.74. The van der Waals surface area contributed by atoms with Gasteiger partial charge in [-0.3, -0.25) is 9.48 Å². The molecule has 2 aromatic rings. The van der Waals surface area contributed by atoms with E-state index in [0.29, 0.717) is 12.2 Å². The molecule has 0 saturated heterocycles. The van der Waals surface area contributed by atoms with E-state index in [4.69, 9.17) is 0 Å². The molecular formula is C16H18FN3OS. The maximum absolute atomic E-state index is 12.8. The second-order valence-corrected chi connectivity index (χ2v) is 6.52. The van der Waals surface area contributed by atoms with Gasteiger partial charge in [0.15, 0.2) is 0 Å². The number of hydrogen-bond donors (Lipinski definition) is 1. The zero-order valence-corrected chi connectivity index (χ0v) is 13.3. The predicted molar refractivity (Wildman–Crippen MR) is 85.6 cm³/mol. The average Bonchev–Trinajstić information content (AvgIpc) is 3.04. The first-order valence-electron chi connectivity index (χ1n) is 7.36. The molecule has 22 heavy (non-hydrogen) atoms. The number of amides is 1. The Morgan fingerprint density at radius 2 is 2.14 bits per heavy atom.